The van der Waals surface area contributed by atoms with E-state index in [9.17, 15) is 14.0 Å². The van der Waals surface area contributed by atoms with E-state index in [0.29, 0.717) is 39.9 Å². The van der Waals surface area contributed by atoms with Gasteiger partial charge in [0.15, 0.2) is 0 Å². The lowest BCUT2D eigenvalue weighted by Crippen LogP contribution is -2.41. The van der Waals surface area contributed by atoms with Crippen molar-refractivity contribution in [2.45, 2.75) is 38.8 Å². The maximum absolute atomic E-state index is 13.9. The molecule has 0 bridgehead atoms. The minimum absolute atomic E-state index is 0.182. The molecule has 2 aliphatic heterocycles. The summed E-state index contributed by atoms with van der Waals surface area (Å²) in [7, 11) is 0. The van der Waals surface area contributed by atoms with Crippen LogP contribution in [-0.2, 0) is 0 Å². The third-order valence-corrected chi connectivity index (χ3v) is 6.10. The van der Waals surface area contributed by atoms with Gasteiger partial charge >= 0.3 is 6.03 Å². The highest BCUT2D eigenvalue weighted by Gasteiger charge is 2.35. The van der Waals surface area contributed by atoms with E-state index in [2.05, 4.69) is 24.5 Å². The molecule has 2 aromatic rings. The van der Waals surface area contributed by atoms with Crippen LogP contribution in [0.5, 0.6) is 0 Å². The molecule has 152 valence electrons. The van der Waals surface area contributed by atoms with Crippen LogP contribution >= 0.6 is 11.6 Å². The van der Waals surface area contributed by atoms with Crippen molar-refractivity contribution in [1.82, 2.24) is 10.2 Å². The van der Waals surface area contributed by atoms with Crippen LogP contribution in [0.25, 0.3) is 0 Å². The van der Waals surface area contributed by atoms with E-state index in [1.54, 1.807) is 18.2 Å². The Labute approximate surface area is 174 Å². The number of fused-ring (bicyclic) bond motifs is 1. The molecular formula is C22H23ClFN3O2. The molecule has 0 spiro atoms. The van der Waals surface area contributed by atoms with Gasteiger partial charge in [0.2, 0.25) is 0 Å². The number of carbonyl (C=O) groups excluding carboxylic acids is 2. The summed E-state index contributed by atoms with van der Waals surface area (Å²) in [6, 6.07) is 8.63. The number of rotatable bonds is 3. The zero-order valence-corrected chi connectivity index (χ0v) is 17.1. The average Bonchev–Trinajstić information content (AvgIpc) is 3.30. The molecule has 0 aromatic heterocycles. The van der Waals surface area contributed by atoms with Crippen molar-refractivity contribution < 1.29 is 14.0 Å². The fourth-order valence-electron chi connectivity index (χ4n) is 4.36. The summed E-state index contributed by atoms with van der Waals surface area (Å²) in [5, 5.41) is 6.19. The van der Waals surface area contributed by atoms with E-state index in [1.807, 2.05) is 4.90 Å². The predicted molar refractivity (Wildman–Crippen MR) is 111 cm³/mol. The van der Waals surface area contributed by atoms with Gasteiger partial charge in [0.25, 0.3) is 5.91 Å². The van der Waals surface area contributed by atoms with Crippen molar-refractivity contribution >= 4 is 29.2 Å². The normalized spacial score (nSPS) is 20.7. The van der Waals surface area contributed by atoms with E-state index in [-0.39, 0.29) is 18.0 Å². The third-order valence-electron chi connectivity index (χ3n) is 5.76. The van der Waals surface area contributed by atoms with Crippen LogP contribution in [0, 0.1) is 11.7 Å². The Morgan fingerprint density at radius 2 is 2.10 bits per heavy atom. The summed E-state index contributed by atoms with van der Waals surface area (Å²) in [5.74, 6) is -0.347. The fraction of sp³-hybridized carbons (Fsp3) is 0.364. The molecular weight excluding hydrogens is 393 g/mol. The molecule has 5 nitrogen and oxygen atoms in total. The SMILES string of the molecule is CC(C)C1CCCN1C(=O)Nc1cccc2c1C(c1cc(F)ccc1Cl)NC2=O. The van der Waals surface area contributed by atoms with Crippen molar-refractivity contribution in [3.05, 3.63) is 63.9 Å². The van der Waals surface area contributed by atoms with Gasteiger partial charge in [-0.3, -0.25) is 4.79 Å². The number of benzene rings is 2. The molecule has 29 heavy (non-hydrogen) atoms. The van der Waals surface area contributed by atoms with E-state index in [0.717, 1.165) is 12.8 Å². The van der Waals surface area contributed by atoms with Crippen LogP contribution in [-0.4, -0.2) is 29.4 Å². The molecule has 1 fully saturated rings. The second-order valence-corrected chi connectivity index (χ2v) is 8.32. The number of nitrogens with zero attached hydrogens (tertiary/aromatic N) is 1. The smallest absolute Gasteiger partial charge is 0.322 e. The maximum Gasteiger partial charge on any atom is 0.322 e. The number of amides is 3. The first-order valence-electron chi connectivity index (χ1n) is 9.83. The Hall–Kier alpha value is -2.60. The van der Waals surface area contributed by atoms with Crippen molar-refractivity contribution in [2.24, 2.45) is 5.92 Å². The lowest BCUT2D eigenvalue weighted by atomic mass is 9.96. The summed E-state index contributed by atoms with van der Waals surface area (Å²) < 4.78 is 13.9. The first-order valence-corrected chi connectivity index (χ1v) is 10.2. The third kappa shape index (κ3) is 3.57. The minimum atomic E-state index is -0.628. The molecule has 2 aromatic carbocycles. The Morgan fingerprint density at radius 1 is 1.31 bits per heavy atom. The Morgan fingerprint density at radius 3 is 2.86 bits per heavy atom. The Bertz CT molecular complexity index is 979. The summed E-state index contributed by atoms with van der Waals surface area (Å²) in [6.07, 6.45) is 1.96. The highest BCUT2D eigenvalue weighted by Crippen LogP contribution is 2.39. The molecule has 2 aliphatic rings. The Kier molecular flexibility index (Phi) is 5.21. The largest absolute Gasteiger partial charge is 0.341 e. The van der Waals surface area contributed by atoms with Crippen molar-refractivity contribution in [1.29, 1.82) is 0 Å². The van der Waals surface area contributed by atoms with Gasteiger partial charge in [-0.25, -0.2) is 9.18 Å². The van der Waals surface area contributed by atoms with Crippen molar-refractivity contribution in [3.8, 4) is 0 Å². The lowest BCUT2D eigenvalue weighted by molar-refractivity contribution is 0.0960. The van der Waals surface area contributed by atoms with Crippen LogP contribution in [0.1, 0.15) is 54.2 Å². The van der Waals surface area contributed by atoms with Crippen LogP contribution in [0.2, 0.25) is 5.02 Å². The summed E-state index contributed by atoms with van der Waals surface area (Å²) >= 11 is 6.29. The summed E-state index contributed by atoms with van der Waals surface area (Å²) in [5.41, 5.74) is 2.06. The van der Waals surface area contributed by atoms with E-state index in [1.165, 1.54) is 18.2 Å². The van der Waals surface area contributed by atoms with E-state index in [4.69, 9.17) is 11.6 Å². The maximum atomic E-state index is 13.9. The van der Waals surface area contributed by atoms with Gasteiger partial charge in [-0.2, -0.15) is 0 Å². The second kappa shape index (κ2) is 7.67. The average molecular weight is 416 g/mol. The van der Waals surface area contributed by atoms with Gasteiger partial charge in [-0.15, -0.1) is 0 Å². The predicted octanol–water partition coefficient (Wildman–Crippen LogP) is 4.96. The highest BCUT2D eigenvalue weighted by molar-refractivity contribution is 6.31. The zero-order valence-electron chi connectivity index (χ0n) is 16.3. The molecule has 3 amide bonds. The van der Waals surface area contributed by atoms with Crippen LogP contribution in [0.15, 0.2) is 36.4 Å². The van der Waals surface area contributed by atoms with Crippen molar-refractivity contribution in [3.63, 3.8) is 0 Å². The quantitative estimate of drug-likeness (QED) is 0.743. The highest BCUT2D eigenvalue weighted by atomic mass is 35.5. The summed E-state index contributed by atoms with van der Waals surface area (Å²) in [4.78, 5) is 27.4. The van der Waals surface area contributed by atoms with Crippen LogP contribution < -0.4 is 10.6 Å². The number of nitrogens with one attached hydrogen (secondary N) is 2. The number of halogens is 2. The monoisotopic (exact) mass is 415 g/mol. The molecule has 2 unspecified atom stereocenters. The van der Waals surface area contributed by atoms with Gasteiger partial charge in [0.1, 0.15) is 5.82 Å². The molecule has 0 aliphatic carbocycles. The summed E-state index contributed by atoms with van der Waals surface area (Å²) in [6.45, 7) is 4.93. The second-order valence-electron chi connectivity index (χ2n) is 7.92. The van der Waals surface area contributed by atoms with Gasteiger partial charge in [0, 0.05) is 40.0 Å². The van der Waals surface area contributed by atoms with Gasteiger partial charge < -0.3 is 15.5 Å². The standard InChI is InChI=1S/C22H23ClFN3O2/c1-12(2)18-7-4-10-27(18)22(29)25-17-6-3-5-14-19(17)20(26-21(14)28)15-11-13(24)8-9-16(15)23/h3,5-6,8-9,11-12,18,20H,4,7,10H2,1-2H3,(H,25,29)(H,26,28). The Balaban J connectivity index is 1.70. The number of carbonyl (C=O) groups is 2. The molecule has 0 saturated carbocycles. The molecule has 1 saturated heterocycles. The topological polar surface area (TPSA) is 61.4 Å². The number of anilines is 1. The molecule has 2 heterocycles. The number of likely N-dealkylation sites (tertiary alicyclic amines) is 1. The number of urea groups is 1. The van der Waals surface area contributed by atoms with Crippen LogP contribution in [0.4, 0.5) is 14.9 Å². The molecule has 2 atom stereocenters. The van der Waals surface area contributed by atoms with E-state index >= 15 is 0 Å². The molecule has 0 radical (unpaired) electrons. The van der Waals surface area contributed by atoms with Gasteiger partial charge in [-0.1, -0.05) is 31.5 Å². The first kappa shape index (κ1) is 19.7. The molecule has 7 heteroatoms. The van der Waals surface area contributed by atoms with E-state index < -0.39 is 11.9 Å². The first-order chi connectivity index (χ1) is 13.9. The van der Waals surface area contributed by atoms with Gasteiger partial charge in [-0.05, 0) is 49.1 Å². The minimum Gasteiger partial charge on any atom is -0.341 e. The van der Waals surface area contributed by atoms with Crippen LogP contribution in [0.3, 0.4) is 0 Å². The lowest BCUT2D eigenvalue weighted by Gasteiger charge is -2.28. The van der Waals surface area contributed by atoms with Crippen molar-refractivity contribution in [2.75, 3.05) is 11.9 Å². The fourth-order valence-corrected chi connectivity index (χ4v) is 4.58. The molecule has 4 rings (SSSR count). The molecule has 2 N–H and O–H groups in total. The zero-order chi connectivity index (χ0) is 20.7. The number of hydrogen-bond acceptors (Lipinski definition) is 2. The van der Waals surface area contributed by atoms with Gasteiger partial charge in [0.05, 0.1) is 6.04 Å². The number of hydrogen-bond donors (Lipinski definition) is 2.